The second-order valence-electron chi connectivity index (χ2n) is 8.68. The second kappa shape index (κ2) is 10.7. The van der Waals surface area contributed by atoms with Crippen molar-refractivity contribution in [2.75, 3.05) is 0 Å². The standard InChI is InChI=1S/C26H32N4OS2/c1-5-14-30-24(23-16-21-15-19(6-2)12-13-22(21)33-23)28-29-26(30)32-18(4)25(31)27-17(3)20-10-8-7-9-11-20/h5,7-11,16-19H,1,6,12-15H2,2-4H3,(H,27,31). The molecule has 1 amide bonds. The monoisotopic (exact) mass is 480 g/mol. The van der Waals surface area contributed by atoms with Crippen molar-refractivity contribution in [2.24, 2.45) is 5.92 Å². The summed E-state index contributed by atoms with van der Waals surface area (Å²) in [5.74, 6) is 1.65. The molecule has 1 aliphatic rings. The lowest BCUT2D eigenvalue weighted by Crippen LogP contribution is -2.33. The van der Waals surface area contributed by atoms with E-state index in [0.717, 1.165) is 40.2 Å². The average Bonchev–Trinajstić information content (AvgIpc) is 3.43. The van der Waals surface area contributed by atoms with Crippen LogP contribution >= 0.6 is 23.1 Å². The number of nitrogens with one attached hydrogen (secondary N) is 1. The van der Waals surface area contributed by atoms with Crippen LogP contribution in [0.25, 0.3) is 10.7 Å². The van der Waals surface area contributed by atoms with Crippen LogP contribution in [0.5, 0.6) is 0 Å². The molecule has 0 saturated heterocycles. The Labute approximate surface area is 204 Å². The van der Waals surface area contributed by atoms with E-state index in [4.69, 9.17) is 0 Å². The molecule has 1 aromatic carbocycles. The Balaban J connectivity index is 1.49. The van der Waals surface area contributed by atoms with Crippen molar-refractivity contribution in [1.29, 1.82) is 0 Å². The lowest BCUT2D eigenvalue weighted by atomic mass is 9.87. The fourth-order valence-electron chi connectivity index (χ4n) is 4.28. The molecule has 3 unspecified atom stereocenters. The molecule has 0 spiro atoms. The first kappa shape index (κ1) is 23.8. The van der Waals surface area contributed by atoms with E-state index in [1.807, 2.05) is 61.6 Å². The SMILES string of the molecule is C=CCn1c(SC(C)C(=O)NC(C)c2ccccc2)nnc1-c1cc2c(s1)CCC(CC)C2. The summed E-state index contributed by atoms with van der Waals surface area (Å²) >= 11 is 3.28. The first-order chi connectivity index (χ1) is 16.0. The van der Waals surface area contributed by atoms with Gasteiger partial charge in [-0.05, 0) is 56.2 Å². The van der Waals surface area contributed by atoms with Crippen LogP contribution in [0.3, 0.4) is 0 Å². The molecule has 174 valence electrons. The zero-order valence-corrected chi connectivity index (χ0v) is 21.2. The van der Waals surface area contributed by atoms with Gasteiger partial charge in [-0.25, -0.2) is 0 Å². The molecular formula is C26H32N4OS2. The Bertz CT molecular complexity index is 1100. The first-order valence-corrected chi connectivity index (χ1v) is 13.4. The summed E-state index contributed by atoms with van der Waals surface area (Å²) in [4.78, 5) is 15.5. The van der Waals surface area contributed by atoms with Gasteiger partial charge >= 0.3 is 0 Å². The smallest absolute Gasteiger partial charge is 0.233 e. The maximum atomic E-state index is 12.9. The second-order valence-corrected chi connectivity index (χ2v) is 11.1. The number of thiophene rings is 1. The topological polar surface area (TPSA) is 59.8 Å². The number of aromatic nitrogens is 3. The van der Waals surface area contributed by atoms with Gasteiger partial charge in [0.05, 0.1) is 16.2 Å². The van der Waals surface area contributed by atoms with Crippen molar-refractivity contribution in [2.45, 2.75) is 69.4 Å². The van der Waals surface area contributed by atoms with Crippen LogP contribution in [0, 0.1) is 5.92 Å². The minimum absolute atomic E-state index is 0.0109. The number of allylic oxidation sites excluding steroid dienone is 1. The maximum Gasteiger partial charge on any atom is 0.233 e. The number of amides is 1. The molecular weight excluding hydrogens is 448 g/mol. The normalized spacial score (nSPS) is 17.2. The number of nitrogens with zero attached hydrogens (tertiary/aromatic N) is 3. The summed E-state index contributed by atoms with van der Waals surface area (Å²) in [5.41, 5.74) is 2.56. The van der Waals surface area contributed by atoms with E-state index in [9.17, 15) is 4.79 Å². The summed E-state index contributed by atoms with van der Waals surface area (Å²) in [6.45, 7) is 10.7. The van der Waals surface area contributed by atoms with Gasteiger partial charge < -0.3 is 5.32 Å². The van der Waals surface area contributed by atoms with Crippen LogP contribution < -0.4 is 5.32 Å². The van der Waals surface area contributed by atoms with Crippen molar-refractivity contribution in [3.63, 3.8) is 0 Å². The van der Waals surface area contributed by atoms with Gasteiger partial charge in [0.15, 0.2) is 11.0 Å². The van der Waals surface area contributed by atoms with Crippen LogP contribution in [-0.2, 0) is 24.2 Å². The third kappa shape index (κ3) is 5.41. The maximum absolute atomic E-state index is 12.9. The number of carbonyl (C=O) groups excluding carboxylic acids is 1. The predicted octanol–water partition coefficient (Wildman–Crippen LogP) is 6.07. The zero-order chi connectivity index (χ0) is 23.4. The lowest BCUT2D eigenvalue weighted by molar-refractivity contribution is -0.120. The van der Waals surface area contributed by atoms with E-state index in [0.29, 0.717) is 6.54 Å². The number of benzene rings is 1. The molecule has 3 atom stereocenters. The van der Waals surface area contributed by atoms with Crippen LogP contribution in [0.2, 0.25) is 0 Å². The summed E-state index contributed by atoms with van der Waals surface area (Å²) in [6, 6.07) is 12.3. The van der Waals surface area contributed by atoms with E-state index >= 15 is 0 Å². The van der Waals surface area contributed by atoms with Crippen molar-refractivity contribution >= 4 is 29.0 Å². The third-order valence-electron chi connectivity index (χ3n) is 6.32. The Morgan fingerprint density at radius 3 is 2.85 bits per heavy atom. The minimum Gasteiger partial charge on any atom is -0.349 e. The van der Waals surface area contributed by atoms with Gasteiger partial charge in [0.25, 0.3) is 0 Å². The number of thioether (sulfide) groups is 1. The summed E-state index contributed by atoms with van der Waals surface area (Å²) < 4.78 is 2.08. The van der Waals surface area contributed by atoms with Crippen molar-refractivity contribution in [3.8, 4) is 10.7 Å². The molecule has 0 aliphatic heterocycles. The summed E-state index contributed by atoms with van der Waals surface area (Å²) in [5, 5.41) is 12.6. The highest BCUT2D eigenvalue weighted by atomic mass is 32.2. The molecule has 0 saturated carbocycles. The van der Waals surface area contributed by atoms with Crippen LogP contribution in [0.1, 0.15) is 55.7 Å². The minimum atomic E-state index is -0.293. The molecule has 0 bridgehead atoms. The quantitative estimate of drug-likeness (QED) is 0.298. The number of hydrogen-bond donors (Lipinski definition) is 1. The highest BCUT2D eigenvalue weighted by Crippen LogP contribution is 2.38. The summed E-state index contributed by atoms with van der Waals surface area (Å²) in [7, 11) is 0. The number of rotatable bonds is 9. The molecule has 4 rings (SSSR count). The molecule has 1 N–H and O–H groups in total. The van der Waals surface area contributed by atoms with Crippen molar-refractivity contribution in [1.82, 2.24) is 20.1 Å². The van der Waals surface area contributed by atoms with Gasteiger partial charge in [-0.1, -0.05) is 61.5 Å². The Morgan fingerprint density at radius 1 is 1.33 bits per heavy atom. The van der Waals surface area contributed by atoms with E-state index in [-0.39, 0.29) is 17.2 Å². The number of fused-ring (bicyclic) bond motifs is 1. The van der Waals surface area contributed by atoms with Crippen molar-refractivity contribution in [3.05, 3.63) is 65.1 Å². The van der Waals surface area contributed by atoms with Gasteiger partial charge in [0, 0.05) is 11.4 Å². The third-order valence-corrected chi connectivity index (χ3v) is 8.63. The van der Waals surface area contributed by atoms with Gasteiger partial charge in [-0.3, -0.25) is 9.36 Å². The van der Waals surface area contributed by atoms with E-state index in [1.165, 1.54) is 35.0 Å². The fourth-order valence-corrected chi connectivity index (χ4v) is 6.35. The molecule has 2 aromatic heterocycles. The first-order valence-electron chi connectivity index (χ1n) is 11.7. The lowest BCUT2D eigenvalue weighted by Gasteiger charge is -2.19. The van der Waals surface area contributed by atoms with Crippen LogP contribution in [0.15, 0.2) is 54.2 Å². The Kier molecular flexibility index (Phi) is 7.71. The fraction of sp³-hybridized carbons (Fsp3) is 0.423. The largest absolute Gasteiger partial charge is 0.349 e. The molecule has 7 heteroatoms. The molecule has 0 fully saturated rings. The van der Waals surface area contributed by atoms with Gasteiger partial charge in [0.1, 0.15) is 0 Å². The molecule has 1 aliphatic carbocycles. The van der Waals surface area contributed by atoms with Crippen LogP contribution in [0.4, 0.5) is 0 Å². The summed E-state index contributed by atoms with van der Waals surface area (Å²) in [6.07, 6.45) is 6.70. The molecule has 0 radical (unpaired) electrons. The Morgan fingerprint density at radius 2 is 2.12 bits per heavy atom. The highest BCUT2D eigenvalue weighted by Gasteiger charge is 2.25. The number of carbonyl (C=O) groups is 1. The van der Waals surface area contributed by atoms with Gasteiger partial charge in [-0.2, -0.15) is 0 Å². The van der Waals surface area contributed by atoms with E-state index < -0.39 is 0 Å². The zero-order valence-electron chi connectivity index (χ0n) is 19.6. The number of hydrogen-bond acceptors (Lipinski definition) is 5. The predicted molar refractivity (Wildman–Crippen MR) is 138 cm³/mol. The highest BCUT2D eigenvalue weighted by molar-refractivity contribution is 8.00. The molecule has 3 aromatic rings. The Hall–Kier alpha value is -2.38. The molecule has 33 heavy (non-hydrogen) atoms. The molecule has 2 heterocycles. The van der Waals surface area contributed by atoms with Gasteiger partial charge in [0.2, 0.25) is 5.91 Å². The van der Waals surface area contributed by atoms with Crippen LogP contribution in [-0.4, -0.2) is 25.9 Å². The van der Waals surface area contributed by atoms with E-state index in [2.05, 4.69) is 39.7 Å². The number of aryl methyl sites for hydroxylation is 1. The van der Waals surface area contributed by atoms with E-state index in [1.54, 1.807) is 0 Å². The van der Waals surface area contributed by atoms with Gasteiger partial charge in [-0.15, -0.1) is 28.1 Å². The molecule has 5 nitrogen and oxygen atoms in total. The average molecular weight is 481 g/mol. The van der Waals surface area contributed by atoms with Crippen molar-refractivity contribution < 1.29 is 4.79 Å².